The van der Waals surface area contributed by atoms with Crippen LogP contribution in [0, 0.1) is 11.8 Å². The Morgan fingerprint density at radius 3 is 2.55 bits per heavy atom. The molecule has 0 aliphatic carbocycles. The van der Waals surface area contributed by atoms with Gasteiger partial charge >= 0.3 is 6.61 Å². The second kappa shape index (κ2) is 8.43. The molecule has 2 N–H and O–H groups in total. The van der Waals surface area contributed by atoms with Gasteiger partial charge in [-0.3, -0.25) is 14.3 Å². The van der Waals surface area contributed by atoms with E-state index < -0.39 is 12.5 Å². The van der Waals surface area contributed by atoms with Gasteiger partial charge in [-0.2, -0.15) is 13.9 Å². The monoisotopic (exact) mass is 453 g/mol. The van der Waals surface area contributed by atoms with Gasteiger partial charge in [-0.05, 0) is 37.1 Å². The van der Waals surface area contributed by atoms with Gasteiger partial charge in [0.1, 0.15) is 18.0 Å². The Bertz CT molecular complexity index is 1000. The maximum atomic E-state index is 12.8. The van der Waals surface area contributed by atoms with Crippen molar-refractivity contribution in [2.75, 3.05) is 33.2 Å². The number of benzene rings is 1. The first kappa shape index (κ1) is 21.5. The largest absolute Gasteiger partial charge is 0.434 e. The molecular formula is C20H22ClF2N5O3. The number of hydrogen-bond donors (Lipinski definition) is 1. The van der Waals surface area contributed by atoms with Crippen molar-refractivity contribution in [2.24, 2.45) is 17.6 Å². The van der Waals surface area contributed by atoms with E-state index >= 15 is 0 Å². The second-order valence-electron chi connectivity index (χ2n) is 8.01. The number of likely N-dealkylation sites (tertiary alicyclic amines) is 2. The van der Waals surface area contributed by atoms with Crippen molar-refractivity contribution < 1.29 is 23.1 Å². The van der Waals surface area contributed by atoms with E-state index in [1.807, 2.05) is 0 Å². The summed E-state index contributed by atoms with van der Waals surface area (Å²) < 4.78 is 31.5. The molecule has 0 saturated carbocycles. The average molecular weight is 454 g/mol. The van der Waals surface area contributed by atoms with Gasteiger partial charge in [0.05, 0.1) is 5.56 Å². The molecule has 8 nitrogen and oxygen atoms in total. The maximum absolute atomic E-state index is 12.8. The number of aromatic nitrogens is 2. The Morgan fingerprint density at radius 1 is 1.26 bits per heavy atom. The predicted octanol–water partition coefficient (Wildman–Crippen LogP) is 1.92. The fourth-order valence-corrected chi connectivity index (χ4v) is 4.61. The lowest BCUT2D eigenvalue weighted by Crippen LogP contribution is -2.34. The van der Waals surface area contributed by atoms with Gasteiger partial charge < -0.3 is 20.3 Å². The molecule has 0 spiro atoms. The number of nitrogens with zero attached hydrogens (tertiary/aromatic N) is 4. The number of alkyl halides is 2. The molecule has 11 heteroatoms. The number of amides is 2. The van der Waals surface area contributed by atoms with Gasteiger partial charge in [0, 0.05) is 43.0 Å². The van der Waals surface area contributed by atoms with E-state index in [4.69, 9.17) is 17.3 Å². The molecule has 166 valence electrons. The quantitative estimate of drug-likeness (QED) is 0.721. The van der Waals surface area contributed by atoms with E-state index in [1.54, 1.807) is 4.90 Å². The molecule has 3 heterocycles. The van der Waals surface area contributed by atoms with Crippen LogP contribution in [-0.4, -0.2) is 71.2 Å². The summed E-state index contributed by atoms with van der Waals surface area (Å²) in [6, 6.07) is 4.01. The van der Waals surface area contributed by atoms with Gasteiger partial charge in [-0.1, -0.05) is 11.6 Å². The average Bonchev–Trinajstić information content (AvgIpc) is 3.35. The first-order chi connectivity index (χ1) is 14.7. The minimum Gasteiger partial charge on any atom is -0.434 e. The standard InChI is InChI=1S/C20H22ClF2N5O3/c1-26-5-11-7-27(8-12(11)6-26)17(29)10-28-9-15(19(24)30)18(25-28)14-4-13(21)2-3-16(14)31-20(22)23/h2-4,9,11-12,20H,5-8,10H2,1H3,(H2,24,30)/t11-,12+. The summed E-state index contributed by atoms with van der Waals surface area (Å²) in [6.07, 6.45) is 1.34. The Kier molecular flexibility index (Phi) is 5.85. The van der Waals surface area contributed by atoms with Crippen LogP contribution < -0.4 is 10.5 Å². The zero-order chi connectivity index (χ0) is 22.3. The molecule has 0 unspecified atom stereocenters. The molecule has 2 atom stereocenters. The van der Waals surface area contributed by atoms with Crippen LogP contribution in [0.5, 0.6) is 5.75 Å². The Balaban J connectivity index is 1.58. The summed E-state index contributed by atoms with van der Waals surface area (Å²) in [4.78, 5) is 28.9. The lowest BCUT2D eigenvalue weighted by molar-refractivity contribution is -0.131. The van der Waals surface area contributed by atoms with Crippen molar-refractivity contribution in [1.82, 2.24) is 19.6 Å². The summed E-state index contributed by atoms with van der Waals surface area (Å²) in [5.74, 6) is -0.213. The van der Waals surface area contributed by atoms with E-state index in [0.29, 0.717) is 24.9 Å². The van der Waals surface area contributed by atoms with Crippen LogP contribution in [0.25, 0.3) is 11.3 Å². The SMILES string of the molecule is CN1C[C@@H]2CN(C(=O)Cn3cc(C(N)=O)c(-c4cc(Cl)ccc4OC(F)F)n3)C[C@@H]2C1. The van der Waals surface area contributed by atoms with Crippen molar-refractivity contribution >= 4 is 23.4 Å². The predicted molar refractivity (Wildman–Crippen MR) is 109 cm³/mol. The fourth-order valence-electron chi connectivity index (χ4n) is 4.44. The lowest BCUT2D eigenvalue weighted by Gasteiger charge is -2.19. The highest BCUT2D eigenvalue weighted by Gasteiger charge is 2.40. The number of ether oxygens (including phenoxy) is 1. The Morgan fingerprint density at radius 2 is 1.94 bits per heavy atom. The highest BCUT2D eigenvalue weighted by molar-refractivity contribution is 6.31. The third-order valence-electron chi connectivity index (χ3n) is 5.76. The van der Waals surface area contributed by atoms with Crippen LogP contribution in [0.2, 0.25) is 5.02 Å². The molecule has 31 heavy (non-hydrogen) atoms. The fraction of sp³-hybridized carbons (Fsp3) is 0.450. The van der Waals surface area contributed by atoms with Gasteiger partial charge in [-0.25, -0.2) is 0 Å². The van der Waals surface area contributed by atoms with Gasteiger partial charge in [-0.15, -0.1) is 0 Å². The van der Waals surface area contributed by atoms with E-state index in [-0.39, 0.29) is 40.0 Å². The summed E-state index contributed by atoms with van der Waals surface area (Å²) in [7, 11) is 2.07. The number of fused-ring (bicyclic) bond motifs is 1. The first-order valence-electron chi connectivity index (χ1n) is 9.79. The number of carbonyl (C=O) groups is 2. The molecule has 2 fully saturated rings. The van der Waals surface area contributed by atoms with Crippen LogP contribution >= 0.6 is 11.6 Å². The zero-order valence-electron chi connectivity index (χ0n) is 16.8. The van der Waals surface area contributed by atoms with Crippen molar-refractivity contribution in [2.45, 2.75) is 13.2 Å². The molecule has 2 aliphatic heterocycles. The maximum Gasteiger partial charge on any atom is 0.387 e. The molecule has 1 aromatic heterocycles. The Hall–Kier alpha value is -2.72. The third kappa shape index (κ3) is 4.49. The number of primary amides is 1. The molecule has 2 aliphatic rings. The molecular weight excluding hydrogens is 432 g/mol. The zero-order valence-corrected chi connectivity index (χ0v) is 17.6. The molecule has 0 bridgehead atoms. The molecule has 2 aromatic rings. The Labute approximate surface area is 182 Å². The van der Waals surface area contributed by atoms with E-state index in [0.717, 1.165) is 13.1 Å². The van der Waals surface area contributed by atoms with E-state index in [2.05, 4.69) is 21.8 Å². The van der Waals surface area contributed by atoms with Crippen LogP contribution in [0.1, 0.15) is 10.4 Å². The molecule has 4 rings (SSSR count). The van der Waals surface area contributed by atoms with Gasteiger partial charge in [0.25, 0.3) is 5.91 Å². The van der Waals surface area contributed by atoms with Crippen molar-refractivity contribution in [3.8, 4) is 17.0 Å². The van der Waals surface area contributed by atoms with E-state index in [1.165, 1.54) is 29.1 Å². The number of halogens is 3. The smallest absolute Gasteiger partial charge is 0.387 e. The number of hydrogen-bond acceptors (Lipinski definition) is 5. The summed E-state index contributed by atoms with van der Waals surface area (Å²) in [6.45, 7) is 0.133. The minimum atomic E-state index is -3.07. The highest BCUT2D eigenvalue weighted by Crippen LogP contribution is 2.35. The number of nitrogens with two attached hydrogens (primary N) is 1. The highest BCUT2D eigenvalue weighted by atomic mass is 35.5. The van der Waals surface area contributed by atoms with Gasteiger partial charge in [0.15, 0.2) is 0 Å². The van der Waals surface area contributed by atoms with Crippen LogP contribution in [-0.2, 0) is 11.3 Å². The molecule has 0 radical (unpaired) electrons. The third-order valence-corrected chi connectivity index (χ3v) is 5.99. The normalized spacial score (nSPS) is 21.0. The number of rotatable bonds is 6. The van der Waals surface area contributed by atoms with Crippen molar-refractivity contribution in [1.29, 1.82) is 0 Å². The molecule has 1 aromatic carbocycles. The van der Waals surface area contributed by atoms with Crippen molar-refractivity contribution in [3.63, 3.8) is 0 Å². The summed E-state index contributed by atoms with van der Waals surface area (Å²) >= 11 is 6.01. The molecule has 2 amide bonds. The number of carbonyl (C=O) groups excluding carboxylic acids is 2. The van der Waals surface area contributed by atoms with Crippen LogP contribution in [0.15, 0.2) is 24.4 Å². The second-order valence-corrected chi connectivity index (χ2v) is 8.45. The summed E-state index contributed by atoms with van der Waals surface area (Å²) in [5.41, 5.74) is 5.56. The first-order valence-corrected chi connectivity index (χ1v) is 10.2. The summed E-state index contributed by atoms with van der Waals surface area (Å²) in [5, 5.41) is 4.52. The van der Waals surface area contributed by atoms with Crippen LogP contribution in [0.3, 0.4) is 0 Å². The van der Waals surface area contributed by atoms with Crippen molar-refractivity contribution in [3.05, 3.63) is 35.0 Å². The minimum absolute atomic E-state index is 0.0194. The lowest BCUT2D eigenvalue weighted by atomic mass is 10.0. The van der Waals surface area contributed by atoms with E-state index in [9.17, 15) is 18.4 Å². The van der Waals surface area contributed by atoms with Crippen LogP contribution in [0.4, 0.5) is 8.78 Å². The van der Waals surface area contributed by atoms with Gasteiger partial charge in [0.2, 0.25) is 5.91 Å². The topological polar surface area (TPSA) is 93.7 Å². The molecule has 2 saturated heterocycles.